The smallest absolute Gasteiger partial charge is 0.264 e. The van der Waals surface area contributed by atoms with Crippen molar-refractivity contribution in [1.29, 1.82) is 0 Å². The van der Waals surface area contributed by atoms with Crippen LogP contribution in [-0.4, -0.2) is 117 Å². The number of carbonyl (C=O) groups is 1. The number of hydrogen-bond donors (Lipinski definition) is 3. The Kier molecular flexibility index (Phi) is 12.7. The molecule has 0 bridgehead atoms. The Morgan fingerprint density at radius 1 is 0.787 bits per heavy atom. The number of carbonyl (C=O) groups excluding carboxylic acids is 1. The molecule has 1 amide bonds. The lowest BCUT2D eigenvalue weighted by Gasteiger charge is -2.25. The molecule has 4 atom stereocenters. The molecule has 320 valence electrons. The third kappa shape index (κ3) is 9.66. The summed E-state index contributed by atoms with van der Waals surface area (Å²) in [5.74, 6) is 4.13. The van der Waals surface area contributed by atoms with Crippen molar-refractivity contribution in [3.05, 3.63) is 88.9 Å². The number of nitrogens with one attached hydrogen (secondary N) is 1. The number of aromatic nitrogens is 9. The van der Waals surface area contributed by atoms with E-state index in [4.69, 9.17) is 35.4 Å². The minimum absolute atomic E-state index is 0.0391. The average molecular weight is 869 g/mol. The Labute approximate surface area is 360 Å². The van der Waals surface area contributed by atoms with Gasteiger partial charge in [0.2, 0.25) is 25.4 Å². The number of imidazole rings is 1. The number of rotatable bonds is 16. The maximum absolute atomic E-state index is 11.6. The highest BCUT2D eigenvalue weighted by atomic mass is 32.1. The molecule has 0 aliphatic carbocycles. The third-order valence-electron chi connectivity index (χ3n) is 11.2. The van der Waals surface area contributed by atoms with E-state index in [1.165, 1.54) is 40.5 Å². The van der Waals surface area contributed by atoms with Crippen molar-refractivity contribution < 1.29 is 23.7 Å². The van der Waals surface area contributed by atoms with Crippen LogP contribution in [0, 0.1) is 0 Å². The van der Waals surface area contributed by atoms with Gasteiger partial charge in [0.25, 0.3) is 5.95 Å². The topological polar surface area (TPSA) is 225 Å². The van der Waals surface area contributed by atoms with Crippen LogP contribution in [0.2, 0.25) is 0 Å². The molecule has 61 heavy (non-hydrogen) atoms. The van der Waals surface area contributed by atoms with Crippen molar-refractivity contribution in [2.24, 2.45) is 11.5 Å². The van der Waals surface area contributed by atoms with E-state index < -0.39 is 0 Å². The molecule has 4 aromatic heterocycles. The van der Waals surface area contributed by atoms with Crippen molar-refractivity contribution in [2.75, 3.05) is 46.3 Å². The van der Waals surface area contributed by atoms with Crippen LogP contribution in [0.25, 0.3) is 11.9 Å². The molecule has 0 radical (unpaired) electrons. The minimum atomic E-state index is -0.335. The second kappa shape index (κ2) is 19.0. The molecule has 4 aliphatic rings. The summed E-state index contributed by atoms with van der Waals surface area (Å²) in [6, 6.07) is 12.6. The number of likely N-dealkylation sites (tertiary alicyclic amines) is 2. The van der Waals surface area contributed by atoms with Gasteiger partial charge in [0.1, 0.15) is 29.0 Å². The maximum Gasteiger partial charge on any atom is 0.264 e. The van der Waals surface area contributed by atoms with E-state index in [1.807, 2.05) is 24.4 Å². The van der Waals surface area contributed by atoms with Gasteiger partial charge in [-0.3, -0.25) is 19.2 Å². The highest BCUT2D eigenvalue weighted by Gasteiger charge is 2.38. The van der Waals surface area contributed by atoms with Gasteiger partial charge < -0.3 is 35.7 Å². The van der Waals surface area contributed by atoms with Crippen LogP contribution in [-0.2, 0) is 17.6 Å². The van der Waals surface area contributed by atoms with Gasteiger partial charge >= 0.3 is 0 Å². The lowest BCUT2D eigenvalue weighted by Crippen LogP contribution is -2.39. The number of amides is 1. The fourth-order valence-corrected chi connectivity index (χ4v) is 9.95. The molecule has 2 saturated heterocycles. The zero-order valence-electron chi connectivity index (χ0n) is 33.5. The molecular formula is C40H48N14O5S2. The van der Waals surface area contributed by atoms with E-state index in [-0.39, 0.29) is 36.6 Å². The average Bonchev–Trinajstić information content (AvgIpc) is 4.10. The van der Waals surface area contributed by atoms with Crippen molar-refractivity contribution in [2.45, 2.75) is 69.1 Å². The number of aryl methyl sites for hydroxylation is 2. The first kappa shape index (κ1) is 40.8. The highest BCUT2D eigenvalue weighted by molar-refractivity contribution is 7.05. The van der Waals surface area contributed by atoms with Crippen LogP contribution in [0.5, 0.6) is 23.0 Å². The van der Waals surface area contributed by atoms with E-state index >= 15 is 0 Å². The van der Waals surface area contributed by atoms with Crippen LogP contribution < -0.4 is 35.7 Å². The number of ether oxygens (including phenoxy) is 4. The maximum atomic E-state index is 11.6. The van der Waals surface area contributed by atoms with Crippen molar-refractivity contribution in [3.63, 3.8) is 0 Å². The molecule has 2 fully saturated rings. The molecule has 5 N–H and O–H groups in total. The number of unbranched alkanes of at least 4 members (excludes halogenated alkanes) is 1. The number of hydrogen-bond acceptors (Lipinski definition) is 18. The van der Waals surface area contributed by atoms with Gasteiger partial charge in [-0.05, 0) is 116 Å². The van der Waals surface area contributed by atoms with E-state index in [1.54, 1.807) is 28.1 Å². The lowest BCUT2D eigenvalue weighted by molar-refractivity contribution is -0.119. The number of nitrogens with zero attached hydrogens (tertiary/aromatic N) is 11. The van der Waals surface area contributed by atoms with Gasteiger partial charge in [0.15, 0.2) is 23.0 Å². The number of primary amides is 1. The second-order valence-electron chi connectivity index (χ2n) is 15.3. The zero-order chi connectivity index (χ0) is 41.5. The SMILES string of the molecule is NC(=O)CN1CCC(NCCCc2ccc3c(c2)OCO3)C1c1nc(-n2ccnc2)ns1.NC1CCN(CCCCc2ccc3c(c2)OCO3)C1c1nc(-n2cncn2)ns1. The Hall–Kier alpha value is -5.58. The molecular weight excluding hydrogens is 821 g/mol. The van der Waals surface area contributed by atoms with Crippen LogP contribution in [0.4, 0.5) is 0 Å². The predicted octanol–water partition coefficient (Wildman–Crippen LogP) is 3.22. The van der Waals surface area contributed by atoms with Crippen LogP contribution in [0.15, 0.2) is 67.8 Å². The second-order valence-corrected chi connectivity index (χ2v) is 16.8. The minimum Gasteiger partial charge on any atom is -0.454 e. The Morgan fingerprint density at radius 2 is 1.48 bits per heavy atom. The summed E-state index contributed by atoms with van der Waals surface area (Å²) in [5, 5.41) is 9.60. The third-order valence-corrected chi connectivity index (χ3v) is 12.8. The Morgan fingerprint density at radius 3 is 2.18 bits per heavy atom. The van der Waals surface area contributed by atoms with Crippen LogP contribution in [0.3, 0.4) is 0 Å². The first-order valence-electron chi connectivity index (χ1n) is 20.5. The molecule has 4 unspecified atom stereocenters. The summed E-state index contributed by atoms with van der Waals surface area (Å²) in [7, 11) is 0. The molecule has 21 heteroatoms. The van der Waals surface area contributed by atoms with E-state index in [9.17, 15) is 4.79 Å². The molecule has 10 rings (SSSR count). The highest BCUT2D eigenvalue weighted by Crippen LogP contribution is 2.36. The number of nitrogens with two attached hydrogens (primary N) is 2. The number of fused-ring (bicyclic) bond motifs is 2. The van der Waals surface area contributed by atoms with E-state index in [2.05, 4.69) is 62.1 Å². The predicted molar refractivity (Wildman–Crippen MR) is 225 cm³/mol. The summed E-state index contributed by atoms with van der Waals surface area (Å²) in [5.41, 5.74) is 14.4. The summed E-state index contributed by atoms with van der Waals surface area (Å²) < 4.78 is 33.9. The van der Waals surface area contributed by atoms with E-state index in [0.29, 0.717) is 25.5 Å². The zero-order valence-corrected chi connectivity index (χ0v) is 35.1. The molecule has 6 aromatic rings. The fraction of sp³-hybridized carbons (Fsp3) is 0.450. The van der Waals surface area contributed by atoms with Gasteiger partial charge in [-0.25, -0.2) is 19.9 Å². The van der Waals surface area contributed by atoms with Crippen molar-refractivity contribution in [3.8, 4) is 34.9 Å². The van der Waals surface area contributed by atoms with Crippen LogP contribution in [0.1, 0.15) is 65.3 Å². The largest absolute Gasteiger partial charge is 0.454 e. The van der Waals surface area contributed by atoms with Gasteiger partial charge in [0.05, 0.1) is 18.6 Å². The lowest BCUT2D eigenvalue weighted by atomic mass is 10.1. The van der Waals surface area contributed by atoms with Crippen LogP contribution >= 0.6 is 23.1 Å². The Balaban J connectivity index is 0.000000157. The molecule has 0 saturated carbocycles. The standard InChI is InChI=1S/C21H25N7O3S.C19H23N7O2S/c22-18(29)11-27-8-5-15(19(27)20-25-21(26-32-20)28-9-7-23-12-28)24-6-1-2-14-3-4-16-17(10-14)31-13-30-16;20-14-6-8-25(17(14)18-23-19(24-29-18)26-11-21-10-22-26)7-2-1-3-13-4-5-15-16(9-13)28-12-27-15/h3-4,7,9-10,12,15,19,24H,1-2,5-6,8,11,13H2,(H2,22,29);4-5,9-11,14,17H,1-3,6-8,12,20H2. The van der Waals surface area contributed by atoms with Gasteiger partial charge in [-0.15, -0.1) is 0 Å². The first-order chi connectivity index (χ1) is 29.9. The Bertz CT molecular complexity index is 2360. The monoisotopic (exact) mass is 868 g/mol. The molecule has 4 aliphatic heterocycles. The summed E-state index contributed by atoms with van der Waals surface area (Å²) in [6.45, 7) is 4.45. The van der Waals surface area contributed by atoms with Gasteiger partial charge in [-0.1, -0.05) is 12.1 Å². The number of benzene rings is 2. The molecule has 2 aromatic carbocycles. The van der Waals surface area contributed by atoms with E-state index in [0.717, 1.165) is 104 Å². The van der Waals surface area contributed by atoms with Crippen molar-refractivity contribution in [1.82, 2.24) is 58.1 Å². The molecule has 19 nitrogen and oxygen atoms in total. The summed E-state index contributed by atoms with van der Waals surface area (Å²) in [4.78, 5) is 33.6. The summed E-state index contributed by atoms with van der Waals surface area (Å²) >= 11 is 2.76. The van der Waals surface area contributed by atoms with Crippen molar-refractivity contribution >= 4 is 29.0 Å². The van der Waals surface area contributed by atoms with Gasteiger partial charge in [-0.2, -0.15) is 18.5 Å². The quantitative estimate of drug-likeness (QED) is 0.119. The molecule has 8 heterocycles. The normalized spacial score (nSPS) is 20.6. The molecule has 0 spiro atoms. The first-order valence-corrected chi connectivity index (χ1v) is 22.0. The fourth-order valence-electron chi connectivity index (χ4n) is 8.25. The summed E-state index contributed by atoms with van der Waals surface area (Å²) in [6.07, 6.45) is 15.3. The van der Waals surface area contributed by atoms with Gasteiger partial charge in [0, 0.05) is 37.6 Å².